The molecule has 5 rings (SSSR count). The largest absolute Gasteiger partial charge is 0.379 e. The molecule has 1 saturated heterocycles. The van der Waals surface area contributed by atoms with E-state index in [2.05, 4.69) is 53.3 Å². The van der Waals surface area contributed by atoms with Crippen LogP contribution in [0.4, 0.5) is 0 Å². The van der Waals surface area contributed by atoms with Gasteiger partial charge in [0, 0.05) is 35.8 Å². The van der Waals surface area contributed by atoms with Gasteiger partial charge < -0.3 is 4.74 Å². The molecule has 0 bridgehead atoms. The van der Waals surface area contributed by atoms with Crippen LogP contribution in [0, 0.1) is 0 Å². The number of aromatic nitrogens is 1. The van der Waals surface area contributed by atoms with Gasteiger partial charge >= 0.3 is 0 Å². The first-order chi connectivity index (χ1) is 14.3. The molecule has 4 heteroatoms. The standard InChI is InChI=1S/C25H26N2OS/c1-18-13-22(24-16-25-21(17-26-24)6-12-29-25)15-20-5-4-19(14-23(18)20)3-2-7-27-8-10-28-11-9-27/h4-6,12-14,16-17H,1-3,7-11,15H2. The second kappa shape index (κ2) is 8.23. The van der Waals surface area contributed by atoms with E-state index in [1.54, 1.807) is 11.3 Å². The third-order valence-corrected chi connectivity index (χ3v) is 6.84. The predicted molar refractivity (Wildman–Crippen MR) is 122 cm³/mol. The first kappa shape index (κ1) is 18.7. The fourth-order valence-electron chi connectivity index (χ4n) is 4.30. The topological polar surface area (TPSA) is 25.4 Å². The third-order valence-electron chi connectivity index (χ3n) is 5.96. The van der Waals surface area contributed by atoms with Crippen molar-refractivity contribution in [3.8, 4) is 0 Å². The maximum atomic E-state index is 5.44. The van der Waals surface area contributed by atoms with Crippen LogP contribution in [-0.2, 0) is 17.6 Å². The molecule has 3 nitrogen and oxygen atoms in total. The van der Waals surface area contributed by atoms with Crippen LogP contribution < -0.4 is 0 Å². The third kappa shape index (κ3) is 4.06. The number of morpholine rings is 1. The van der Waals surface area contributed by atoms with Gasteiger partial charge in [-0.25, -0.2) is 0 Å². The molecule has 3 heterocycles. The van der Waals surface area contributed by atoms with Gasteiger partial charge in [0.05, 0.1) is 18.9 Å². The van der Waals surface area contributed by atoms with Crippen LogP contribution in [0.2, 0.25) is 0 Å². The van der Waals surface area contributed by atoms with Crippen molar-refractivity contribution in [2.24, 2.45) is 0 Å². The summed E-state index contributed by atoms with van der Waals surface area (Å²) in [5, 5.41) is 3.34. The van der Waals surface area contributed by atoms with E-state index in [1.165, 1.54) is 38.8 Å². The van der Waals surface area contributed by atoms with Crippen LogP contribution in [-0.4, -0.2) is 42.7 Å². The second-order valence-corrected chi connectivity index (χ2v) is 8.90. The number of rotatable bonds is 5. The Kier molecular flexibility index (Phi) is 5.32. The molecular weight excluding hydrogens is 376 g/mol. The summed E-state index contributed by atoms with van der Waals surface area (Å²) in [7, 11) is 0. The lowest BCUT2D eigenvalue weighted by Crippen LogP contribution is -2.36. The van der Waals surface area contributed by atoms with Crippen LogP contribution in [0.1, 0.15) is 28.8 Å². The van der Waals surface area contributed by atoms with E-state index in [9.17, 15) is 0 Å². The number of pyridine rings is 1. The van der Waals surface area contributed by atoms with E-state index < -0.39 is 0 Å². The molecule has 0 atom stereocenters. The Bertz CT molecular complexity index is 1080. The highest BCUT2D eigenvalue weighted by Crippen LogP contribution is 2.34. The van der Waals surface area contributed by atoms with Crippen LogP contribution in [0.3, 0.4) is 0 Å². The van der Waals surface area contributed by atoms with Crippen molar-refractivity contribution in [3.63, 3.8) is 0 Å². The maximum Gasteiger partial charge on any atom is 0.0679 e. The SMILES string of the molecule is C=C1C=C(c2cc3sccc3cn2)Cc2ccc(CCCN3CCOCC3)cc21. The Morgan fingerprint density at radius 2 is 2.03 bits per heavy atom. The Labute approximate surface area is 176 Å². The average Bonchev–Trinajstić information content (AvgIpc) is 3.23. The summed E-state index contributed by atoms with van der Waals surface area (Å²) in [6.07, 6.45) is 7.44. The van der Waals surface area contributed by atoms with Gasteiger partial charge in [0.15, 0.2) is 0 Å². The minimum absolute atomic E-state index is 0.877. The molecule has 1 aromatic carbocycles. The first-order valence-electron chi connectivity index (χ1n) is 10.4. The van der Waals surface area contributed by atoms with Gasteiger partial charge in [0.2, 0.25) is 0 Å². The Morgan fingerprint density at radius 1 is 1.14 bits per heavy atom. The van der Waals surface area contributed by atoms with Crippen molar-refractivity contribution in [1.82, 2.24) is 9.88 Å². The van der Waals surface area contributed by atoms with Crippen LogP contribution in [0.15, 0.2) is 54.6 Å². The summed E-state index contributed by atoms with van der Waals surface area (Å²) in [6.45, 7) is 9.40. The lowest BCUT2D eigenvalue weighted by molar-refractivity contribution is 0.0375. The molecule has 29 heavy (non-hydrogen) atoms. The van der Waals surface area contributed by atoms with E-state index in [0.29, 0.717) is 0 Å². The van der Waals surface area contributed by atoms with Crippen LogP contribution in [0.5, 0.6) is 0 Å². The fraction of sp³-hybridized carbons (Fsp3) is 0.320. The zero-order valence-electron chi connectivity index (χ0n) is 16.7. The number of ether oxygens (including phenoxy) is 1. The van der Waals surface area contributed by atoms with Gasteiger partial charge in [-0.2, -0.15) is 0 Å². The molecule has 0 unspecified atom stereocenters. The minimum Gasteiger partial charge on any atom is -0.379 e. The number of allylic oxidation sites excluding steroid dienone is 3. The predicted octanol–water partition coefficient (Wildman–Crippen LogP) is 5.21. The van der Waals surface area contributed by atoms with E-state index in [1.807, 2.05) is 6.20 Å². The molecule has 0 amide bonds. The Hall–Kier alpha value is -2.27. The smallest absolute Gasteiger partial charge is 0.0679 e. The highest BCUT2D eigenvalue weighted by Gasteiger charge is 2.17. The summed E-state index contributed by atoms with van der Waals surface area (Å²) < 4.78 is 6.73. The van der Waals surface area contributed by atoms with Gasteiger partial charge in [-0.1, -0.05) is 24.8 Å². The lowest BCUT2D eigenvalue weighted by Gasteiger charge is -2.26. The molecule has 148 valence electrons. The average molecular weight is 403 g/mol. The van der Waals surface area contributed by atoms with E-state index >= 15 is 0 Å². The van der Waals surface area contributed by atoms with Crippen molar-refractivity contribution >= 4 is 32.6 Å². The van der Waals surface area contributed by atoms with Gasteiger partial charge in [0.1, 0.15) is 0 Å². The lowest BCUT2D eigenvalue weighted by atomic mass is 9.86. The molecular formula is C25H26N2OS. The molecule has 0 saturated carbocycles. The molecule has 0 N–H and O–H groups in total. The normalized spacial score (nSPS) is 17.4. The quantitative estimate of drug-likeness (QED) is 0.585. The maximum absolute atomic E-state index is 5.44. The molecule has 2 aromatic heterocycles. The van der Waals surface area contributed by atoms with E-state index in [0.717, 1.165) is 57.0 Å². The summed E-state index contributed by atoms with van der Waals surface area (Å²) >= 11 is 1.77. The number of hydrogen-bond acceptors (Lipinski definition) is 4. The zero-order valence-corrected chi connectivity index (χ0v) is 17.5. The molecule has 1 aliphatic heterocycles. The van der Waals surface area contributed by atoms with Gasteiger partial charge in [-0.15, -0.1) is 11.3 Å². The molecule has 0 radical (unpaired) electrons. The van der Waals surface area contributed by atoms with Crippen molar-refractivity contribution in [2.45, 2.75) is 19.3 Å². The number of fused-ring (bicyclic) bond motifs is 2. The summed E-state index contributed by atoms with van der Waals surface area (Å²) in [5.41, 5.74) is 7.50. The van der Waals surface area contributed by atoms with E-state index in [-0.39, 0.29) is 0 Å². The first-order valence-corrected chi connectivity index (χ1v) is 11.3. The van der Waals surface area contributed by atoms with Crippen molar-refractivity contribution in [1.29, 1.82) is 0 Å². The summed E-state index contributed by atoms with van der Waals surface area (Å²) in [5.74, 6) is 0. The van der Waals surface area contributed by atoms with E-state index in [4.69, 9.17) is 9.72 Å². The summed E-state index contributed by atoms with van der Waals surface area (Å²) in [4.78, 5) is 7.20. The molecule has 0 spiro atoms. The molecule has 1 fully saturated rings. The zero-order chi connectivity index (χ0) is 19.6. The fourth-order valence-corrected chi connectivity index (χ4v) is 5.10. The molecule has 2 aliphatic rings. The van der Waals surface area contributed by atoms with Crippen molar-refractivity contribution in [3.05, 3.63) is 76.9 Å². The van der Waals surface area contributed by atoms with Crippen LogP contribution >= 0.6 is 11.3 Å². The number of nitrogens with zero attached hydrogens (tertiary/aromatic N) is 2. The Balaban J connectivity index is 1.29. The monoisotopic (exact) mass is 402 g/mol. The highest BCUT2D eigenvalue weighted by molar-refractivity contribution is 7.17. The molecule has 1 aliphatic carbocycles. The molecule has 3 aromatic rings. The summed E-state index contributed by atoms with van der Waals surface area (Å²) in [6, 6.07) is 11.3. The number of thiophene rings is 1. The number of benzene rings is 1. The van der Waals surface area contributed by atoms with Crippen LogP contribution in [0.25, 0.3) is 21.2 Å². The van der Waals surface area contributed by atoms with Crippen molar-refractivity contribution in [2.75, 3.05) is 32.8 Å². The number of aryl methyl sites for hydroxylation is 1. The van der Waals surface area contributed by atoms with Gasteiger partial charge in [0.25, 0.3) is 0 Å². The van der Waals surface area contributed by atoms with Crippen molar-refractivity contribution < 1.29 is 4.74 Å². The Morgan fingerprint density at radius 3 is 2.93 bits per heavy atom. The van der Waals surface area contributed by atoms with Gasteiger partial charge in [-0.3, -0.25) is 9.88 Å². The second-order valence-electron chi connectivity index (χ2n) is 7.95. The number of hydrogen-bond donors (Lipinski definition) is 0. The highest BCUT2D eigenvalue weighted by atomic mass is 32.1. The minimum atomic E-state index is 0.877. The van der Waals surface area contributed by atoms with Gasteiger partial charge in [-0.05, 0) is 70.8 Å².